The van der Waals surface area contributed by atoms with E-state index in [2.05, 4.69) is 0 Å². The summed E-state index contributed by atoms with van der Waals surface area (Å²) in [7, 11) is 1.41. The van der Waals surface area contributed by atoms with Crippen molar-refractivity contribution in [2.45, 2.75) is 41.0 Å². The van der Waals surface area contributed by atoms with Crippen molar-refractivity contribution in [3.8, 4) is 17.2 Å². The van der Waals surface area contributed by atoms with Crippen molar-refractivity contribution < 1.29 is 41.8 Å². The minimum Gasteiger partial charge on any atom is -0.496 e. The Morgan fingerprint density at radius 3 is 1.88 bits per heavy atom. The van der Waals surface area contributed by atoms with Crippen molar-refractivity contribution in [1.82, 2.24) is 0 Å². The van der Waals surface area contributed by atoms with Gasteiger partial charge in [-0.15, -0.1) is 0 Å². The van der Waals surface area contributed by atoms with Gasteiger partial charge in [0.25, 0.3) is 0 Å². The Bertz CT molecular complexity index is 1560. The highest BCUT2D eigenvalue weighted by molar-refractivity contribution is 6.06. The molecule has 222 valence electrons. The smallest absolute Gasteiger partial charge is 0.175 e. The SMILES string of the molecule is CC1(C)COc2ccc(F)cc2C1=O.COc1ccc(F)cc1C(=O)C(C)(C)CC1(C)COc2ccc(F)cc2C1=O. The molecule has 0 radical (unpaired) electrons. The molecule has 3 aromatic carbocycles. The van der Waals surface area contributed by atoms with E-state index in [1.165, 1.54) is 49.6 Å². The minimum atomic E-state index is -1.03. The number of benzene rings is 3. The first-order valence-corrected chi connectivity index (χ1v) is 13.4. The molecule has 3 aromatic rings. The van der Waals surface area contributed by atoms with Crippen LogP contribution >= 0.6 is 0 Å². The summed E-state index contributed by atoms with van der Waals surface area (Å²) in [6, 6.07) is 11.6. The summed E-state index contributed by atoms with van der Waals surface area (Å²) in [4.78, 5) is 38.1. The quantitative estimate of drug-likeness (QED) is 0.294. The Kier molecular flexibility index (Phi) is 8.27. The van der Waals surface area contributed by atoms with Gasteiger partial charge in [0.1, 0.15) is 47.9 Å². The van der Waals surface area contributed by atoms with E-state index in [1.54, 1.807) is 34.6 Å². The molecule has 0 aromatic heterocycles. The van der Waals surface area contributed by atoms with Crippen LogP contribution in [-0.4, -0.2) is 37.7 Å². The number of hydrogen-bond acceptors (Lipinski definition) is 6. The number of ketones is 3. The van der Waals surface area contributed by atoms with E-state index in [1.807, 2.05) is 0 Å². The maximum Gasteiger partial charge on any atom is 0.175 e. The zero-order valence-corrected chi connectivity index (χ0v) is 24.4. The first-order chi connectivity index (χ1) is 19.6. The van der Waals surface area contributed by atoms with Gasteiger partial charge < -0.3 is 14.2 Å². The summed E-state index contributed by atoms with van der Waals surface area (Å²) in [5.41, 5.74) is -1.96. The number of methoxy groups -OCH3 is 1. The number of Topliss-reactive ketones (excluding diaryl/α,β-unsaturated/α-hetero) is 3. The van der Waals surface area contributed by atoms with Gasteiger partial charge in [0.05, 0.1) is 34.6 Å². The van der Waals surface area contributed by atoms with Gasteiger partial charge in [0, 0.05) is 5.41 Å². The van der Waals surface area contributed by atoms with Crippen molar-refractivity contribution in [2.24, 2.45) is 16.2 Å². The van der Waals surface area contributed by atoms with Gasteiger partial charge >= 0.3 is 0 Å². The van der Waals surface area contributed by atoms with Crippen LogP contribution in [0.15, 0.2) is 54.6 Å². The molecule has 2 aliphatic rings. The lowest BCUT2D eigenvalue weighted by molar-refractivity contribution is 0.0474. The Balaban J connectivity index is 0.000000241. The number of fused-ring (bicyclic) bond motifs is 2. The highest BCUT2D eigenvalue weighted by Gasteiger charge is 2.46. The second-order valence-electron chi connectivity index (χ2n) is 12.2. The van der Waals surface area contributed by atoms with E-state index in [9.17, 15) is 27.6 Å². The first kappa shape index (κ1) is 30.8. The van der Waals surface area contributed by atoms with E-state index in [-0.39, 0.29) is 47.3 Å². The predicted molar refractivity (Wildman–Crippen MR) is 150 cm³/mol. The summed E-state index contributed by atoms with van der Waals surface area (Å²) in [6.45, 7) is 9.10. The monoisotopic (exact) mass is 582 g/mol. The molecule has 0 aliphatic carbocycles. The third-order valence-corrected chi connectivity index (χ3v) is 7.52. The third-order valence-electron chi connectivity index (χ3n) is 7.52. The number of ether oxygens (including phenoxy) is 3. The molecule has 2 heterocycles. The van der Waals surface area contributed by atoms with Gasteiger partial charge in [-0.3, -0.25) is 14.4 Å². The van der Waals surface area contributed by atoms with Crippen molar-refractivity contribution in [3.63, 3.8) is 0 Å². The average molecular weight is 583 g/mol. The van der Waals surface area contributed by atoms with Crippen LogP contribution in [0.4, 0.5) is 13.2 Å². The van der Waals surface area contributed by atoms with Crippen LogP contribution in [0.3, 0.4) is 0 Å². The molecule has 0 saturated carbocycles. The van der Waals surface area contributed by atoms with E-state index in [0.29, 0.717) is 23.7 Å². The number of halogens is 3. The molecular weight excluding hydrogens is 549 g/mol. The second kappa shape index (κ2) is 11.3. The molecule has 0 N–H and O–H groups in total. The zero-order valence-electron chi connectivity index (χ0n) is 24.4. The molecule has 0 bridgehead atoms. The molecule has 0 spiro atoms. The standard InChI is InChI=1S/C22H22F2O4.C11H11FO2/c1-21(2,19(25)15-9-13(23)5-7-17(15)27-4)11-22(3)12-28-18-8-6-14(24)10-16(18)20(22)26;1-11(2)6-14-9-4-3-7(12)5-8(9)10(11)13/h5-10H,11-12H2,1-4H3;3-5H,6H2,1-2H3. The van der Waals surface area contributed by atoms with Crippen LogP contribution < -0.4 is 14.2 Å². The molecule has 2 aliphatic heterocycles. The molecule has 1 unspecified atom stereocenters. The first-order valence-electron chi connectivity index (χ1n) is 13.4. The van der Waals surface area contributed by atoms with E-state index < -0.39 is 33.7 Å². The summed E-state index contributed by atoms with van der Waals surface area (Å²) >= 11 is 0. The lowest BCUT2D eigenvalue weighted by Crippen LogP contribution is -2.43. The number of rotatable bonds is 5. The maximum absolute atomic E-state index is 13.7. The lowest BCUT2D eigenvalue weighted by atomic mass is 9.67. The van der Waals surface area contributed by atoms with Crippen molar-refractivity contribution >= 4 is 17.3 Å². The number of hydrogen-bond donors (Lipinski definition) is 0. The molecule has 42 heavy (non-hydrogen) atoms. The molecular formula is C33H33F3O6. The van der Waals surface area contributed by atoms with E-state index in [4.69, 9.17) is 14.2 Å². The van der Waals surface area contributed by atoms with Crippen LogP contribution in [-0.2, 0) is 0 Å². The van der Waals surface area contributed by atoms with Crippen LogP contribution in [0.1, 0.15) is 72.1 Å². The van der Waals surface area contributed by atoms with Gasteiger partial charge in [0.2, 0.25) is 0 Å². The lowest BCUT2D eigenvalue weighted by Gasteiger charge is -2.38. The summed E-state index contributed by atoms with van der Waals surface area (Å²) in [5.74, 6) is -1.08. The maximum atomic E-state index is 13.7. The normalized spacial score (nSPS) is 18.9. The fourth-order valence-electron chi connectivity index (χ4n) is 5.34. The van der Waals surface area contributed by atoms with E-state index in [0.717, 1.165) is 12.1 Å². The molecule has 6 nitrogen and oxygen atoms in total. The van der Waals surface area contributed by atoms with Gasteiger partial charge in [0.15, 0.2) is 17.3 Å². The number of carbonyl (C=O) groups is 3. The van der Waals surface area contributed by atoms with Gasteiger partial charge in [-0.05, 0) is 81.8 Å². The Morgan fingerprint density at radius 2 is 1.31 bits per heavy atom. The summed E-state index contributed by atoms with van der Waals surface area (Å²) in [6.07, 6.45) is 0.146. The summed E-state index contributed by atoms with van der Waals surface area (Å²) in [5, 5.41) is 0. The van der Waals surface area contributed by atoms with Gasteiger partial charge in [-0.2, -0.15) is 0 Å². The van der Waals surface area contributed by atoms with Crippen LogP contribution in [0.5, 0.6) is 17.2 Å². The average Bonchev–Trinajstić information content (AvgIpc) is 2.93. The molecule has 0 amide bonds. The zero-order chi connectivity index (χ0) is 31.0. The van der Waals surface area contributed by atoms with Gasteiger partial charge in [-0.1, -0.05) is 13.8 Å². The van der Waals surface area contributed by atoms with Crippen LogP contribution in [0.2, 0.25) is 0 Å². The Hall–Kier alpha value is -4.14. The van der Waals surface area contributed by atoms with Crippen molar-refractivity contribution in [2.75, 3.05) is 20.3 Å². The van der Waals surface area contributed by atoms with E-state index >= 15 is 0 Å². The molecule has 0 fully saturated rings. The molecule has 9 heteroatoms. The fourth-order valence-corrected chi connectivity index (χ4v) is 5.34. The summed E-state index contributed by atoms with van der Waals surface area (Å²) < 4.78 is 56.5. The topological polar surface area (TPSA) is 78.9 Å². The predicted octanol–water partition coefficient (Wildman–Crippen LogP) is 7.28. The third kappa shape index (κ3) is 6.05. The van der Waals surface area contributed by atoms with Gasteiger partial charge in [-0.25, -0.2) is 13.2 Å². The van der Waals surface area contributed by atoms with Crippen molar-refractivity contribution in [3.05, 3.63) is 88.7 Å². The highest BCUT2D eigenvalue weighted by atomic mass is 19.1. The van der Waals surface area contributed by atoms with Crippen molar-refractivity contribution in [1.29, 1.82) is 0 Å². The Morgan fingerprint density at radius 1 is 0.810 bits per heavy atom. The second-order valence-corrected chi connectivity index (χ2v) is 12.2. The highest BCUT2D eigenvalue weighted by Crippen LogP contribution is 2.44. The van der Waals surface area contributed by atoms with Crippen LogP contribution in [0, 0.1) is 33.7 Å². The van der Waals surface area contributed by atoms with Crippen LogP contribution in [0.25, 0.3) is 0 Å². The largest absolute Gasteiger partial charge is 0.496 e. The molecule has 0 saturated heterocycles. The minimum absolute atomic E-state index is 0.0572. The molecule has 1 atom stereocenters. The Labute approximate surface area is 242 Å². The molecule has 5 rings (SSSR count). The number of carbonyl (C=O) groups excluding carboxylic acids is 3. The fraction of sp³-hybridized carbons (Fsp3) is 0.364.